The number of fused-ring (bicyclic) bond motifs is 17. The molecule has 0 saturated carbocycles. The van der Waals surface area contributed by atoms with E-state index in [-0.39, 0.29) is 0 Å². The summed E-state index contributed by atoms with van der Waals surface area (Å²) in [5.41, 5.74) is 19.6. The first-order valence-electron chi connectivity index (χ1n) is 23.5. The lowest BCUT2D eigenvalue weighted by molar-refractivity contribution is 0.666. The molecule has 69 heavy (non-hydrogen) atoms. The Morgan fingerprint density at radius 3 is 1.58 bits per heavy atom. The van der Waals surface area contributed by atoms with E-state index in [1.807, 2.05) is 30.3 Å². The SMILES string of the molecule is c1ccc(-c2ccc(-c3nc(-c4ccccc4)nc(-c4ccc(-n5c6ccccc6c6ccc7c(c65)-c5ccccc5C75c6ccccc6-c6ccccc65)c5oc6ccccc6c45)n3)cc2)cc1. The van der Waals surface area contributed by atoms with Crippen LogP contribution in [0.2, 0.25) is 0 Å². The van der Waals surface area contributed by atoms with Crippen LogP contribution in [0.5, 0.6) is 0 Å². The fourth-order valence-corrected chi connectivity index (χ4v) is 11.8. The predicted molar refractivity (Wildman–Crippen MR) is 279 cm³/mol. The van der Waals surface area contributed by atoms with Crippen molar-refractivity contribution in [2.24, 2.45) is 0 Å². The van der Waals surface area contributed by atoms with Crippen molar-refractivity contribution in [2.45, 2.75) is 5.41 Å². The quantitative estimate of drug-likeness (QED) is 0.173. The Bertz CT molecular complexity index is 4200. The normalized spacial score (nSPS) is 13.0. The number of rotatable bonds is 5. The highest BCUT2D eigenvalue weighted by molar-refractivity contribution is 6.19. The topological polar surface area (TPSA) is 56.7 Å². The molecule has 0 aliphatic heterocycles. The van der Waals surface area contributed by atoms with Gasteiger partial charge < -0.3 is 8.98 Å². The van der Waals surface area contributed by atoms with Gasteiger partial charge in [0.15, 0.2) is 23.1 Å². The molecule has 3 aromatic heterocycles. The number of furan rings is 1. The highest BCUT2D eigenvalue weighted by Gasteiger charge is 2.52. The van der Waals surface area contributed by atoms with E-state index in [2.05, 4.69) is 205 Å². The summed E-state index contributed by atoms with van der Waals surface area (Å²) in [7, 11) is 0. The zero-order valence-electron chi connectivity index (χ0n) is 37.1. The maximum Gasteiger partial charge on any atom is 0.164 e. The first kappa shape index (κ1) is 38.0. The number of benzene rings is 10. The fraction of sp³-hybridized carbons (Fsp3) is 0.0156. The number of hydrogen-bond donors (Lipinski definition) is 0. The van der Waals surface area contributed by atoms with E-state index in [9.17, 15) is 0 Å². The standard InChI is InChI=1S/C64H38N4O/c1-3-17-39(18-4-1)40-31-33-42(34-32-40)62-65-61(41-19-5-2-6-20-41)66-63(67-62)49-36-38-55(60-57(49)48-25-11-16-30-56(48)69-60)68-54-29-15-10-23-45(54)46-35-37-53-58(59(46)68)47-24-9-14-28-52(47)64(53)50-26-12-7-21-43(50)44-22-8-13-27-51(44)64/h1-38H. The molecule has 10 aromatic carbocycles. The van der Waals surface area contributed by atoms with Crippen LogP contribution in [-0.4, -0.2) is 19.5 Å². The average Bonchev–Trinajstić information content (AvgIpc) is 4.15. The lowest BCUT2D eigenvalue weighted by Crippen LogP contribution is -2.25. The third kappa shape index (κ3) is 5.27. The molecule has 2 aliphatic carbocycles. The highest BCUT2D eigenvalue weighted by Crippen LogP contribution is 2.64. The summed E-state index contributed by atoms with van der Waals surface area (Å²) in [6.45, 7) is 0. The van der Waals surface area contributed by atoms with Gasteiger partial charge in [-0.15, -0.1) is 0 Å². The van der Waals surface area contributed by atoms with Crippen molar-refractivity contribution < 1.29 is 4.42 Å². The van der Waals surface area contributed by atoms with Crippen molar-refractivity contribution >= 4 is 43.7 Å². The van der Waals surface area contributed by atoms with Gasteiger partial charge in [-0.3, -0.25) is 0 Å². The van der Waals surface area contributed by atoms with Gasteiger partial charge in [0.05, 0.1) is 22.1 Å². The monoisotopic (exact) mass is 878 g/mol. The van der Waals surface area contributed by atoms with Crippen molar-refractivity contribution in [3.05, 3.63) is 253 Å². The second-order valence-electron chi connectivity index (χ2n) is 18.2. The molecule has 2 aliphatic rings. The number of aromatic nitrogens is 4. The summed E-state index contributed by atoms with van der Waals surface area (Å²) in [5, 5.41) is 4.32. The van der Waals surface area contributed by atoms with Crippen LogP contribution in [0.25, 0.3) is 117 Å². The molecule has 320 valence electrons. The summed E-state index contributed by atoms with van der Waals surface area (Å²) < 4.78 is 9.60. The lowest BCUT2D eigenvalue weighted by Gasteiger charge is -2.30. The molecule has 0 bridgehead atoms. The van der Waals surface area contributed by atoms with Crippen molar-refractivity contribution in [2.75, 3.05) is 0 Å². The molecule has 5 heteroatoms. The molecule has 0 radical (unpaired) electrons. The Kier molecular flexibility index (Phi) is 7.93. The summed E-state index contributed by atoms with van der Waals surface area (Å²) >= 11 is 0. The summed E-state index contributed by atoms with van der Waals surface area (Å²) in [6, 6.07) is 82.4. The number of hydrogen-bond acceptors (Lipinski definition) is 4. The summed E-state index contributed by atoms with van der Waals surface area (Å²) in [5.74, 6) is 1.78. The van der Waals surface area contributed by atoms with Gasteiger partial charge in [0.25, 0.3) is 0 Å². The second kappa shape index (κ2) is 14.4. The number of nitrogens with zero attached hydrogens (tertiary/aromatic N) is 4. The largest absolute Gasteiger partial charge is 0.454 e. The van der Waals surface area contributed by atoms with Crippen LogP contribution in [0.1, 0.15) is 22.3 Å². The first-order valence-corrected chi connectivity index (χ1v) is 23.5. The maximum absolute atomic E-state index is 7.14. The smallest absolute Gasteiger partial charge is 0.164 e. The van der Waals surface area contributed by atoms with E-state index >= 15 is 0 Å². The molecule has 1 spiro atoms. The van der Waals surface area contributed by atoms with Gasteiger partial charge in [0.2, 0.25) is 0 Å². The maximum atomic E-state index is 7.14. The van der Waals surface area contributed by atoms with Crippen LogP contribution in [0.4, 0.5) is 0 Å². The average molecular weight is 879 g/mol. The molecular formula is C64H38N4O. The third-order valence-corrected chi connectivity index (χ3v) is 14.7. The zero-order valence-corrected chi connectivity index (χ0v) is 37.1. The molecular weight excluding hydrogens is 841 g/mol. The minimum absolute atomic E-state index is 0.484. The van der Waals surface area contributed by atoms with Crippen LogP contribution in [0.15, 0.2) is 235 Å². The van der Waals surface area contributed by atoms with Crippen LogP contribution in [0.3, 0.4) is 0 Å². The Balaban J connectivity index is 1.01. The first-order chi connectivity index (χ1) is 34.2. The van der Waals surface area contributed by atoms with Crippen LogP contribution >= 0.6 is 0 Å². The fourth-order valence-electron chi connectivity index (χ4n) is 11.8. The molecule has 15 rings (SSSR count). The van der Waals surface area contributed by atoms with Crippen LogP contribution in [-0.2, 0) is 5.41 Å². The predicted octanol–water partition coefficient (Wildman–Crippen LogP) is 15.9. The lowest BCUT2D eigenvalue weighted by atomic mass is 9.70. The van der Waals surface area contributed by atoms with Crippen molar-refractivity contribution in [1.29, 1.82) is 0 Å². The molecule has 0 saturated heterocycles. The van der Waals surface area contributed by atoms with E-state index in [0.717, 1.165) is 66.5 Å². The van der Waals surface area contributed by atoms with Gasteiger partial charge in [0.1, 0.15) is 5.58 Å². The zero-order chi connectivity index (χ0) is 45.2. The van der Waals surface area contributed by atoms with Gasteiger partial charge >= 0.3 is 0 Å². The van der Waals surface area contributed by atoms with E-state index < -0.39 is 5.41 Å². The Morgan fingerprint density at radius 1 is 0.348 bits per heavy atom. The number of para-hydroxylation sites is 2. The molecule has 13 aromatic rings. The third-order valence-electron chi connectivity index (χ3n) is 14.7. The van der Waals surface area contributed by atoms with E-state index in [0.29, 0.717) is 17.5 Å². The second-order valence-corrected chi connectivity index (χ2v) is 18.2. The minimum atomic E-state index is -0.484. The van der Waals surface area contributed by atoms with E-state index in [1.165, 1.54) is 55.3 Å². The highest BCUT2D eigenvalue weighted by atomic mass is 16.3. The van der Waals surface area contributed by atoms with Crippen LogP contribution in [0, 0.1) is 0 Å². The van der Waals surface area contributed by atoms with Gasteiger partial charge in [0, 0.05) is 43.8 Å². The van der Waals surface area contributed by atoms with Gasteiger partial charge in [-0.1, -0.05) is 206 Å². The molecule has 0 amide bonds. The van der Waals surface area contributed by atoms with Gasteiger partial charge in [-0.2, -0.15) is 0 Å². The Labute approximate surface area is 397 Å². The van der Waals surface area contributed by atoms with Gasteiger partial charge in [-0.05, 0) is 74.3 Å². The van der Waals surface area contributed by atoms with Gasteiger partial charge in [-0.25, -0.2) is 15.0 Å². The summed E-state index contributed by atoms with van der Waals surface area (Å²) in [4.78, 5) is 15.7. The Hall–Kier alpha value is -9.19. The molecule has 3 heterocycles. The molecule has 0 unspecified atom stereocenters. The van der Waals surface area contributed by atoms with Crippen LogP contribution < -0.4 is 0 Å². The Morgan fingerprint density at radius 2 is 0.870 bits per heavy atom. The van der Waals surface area contributed by atoms with Crippen molar-refractivity contribution in [1.82, 2.24) is 19.5 Å². The molecule has 0 atom stereocenters. The summed E-state index contributed by atoms with van der Waals surface area (Å²) in [6.07, 6.45) is 0. The molecule has 5 nitrogen and oxygen atoms in total. The van der Waals surface area contributed by atoms with Crippen molar-refractivity contribution in [3.63, 3.8) is 0 Å². The molecule has 0 N–H and O–H groups in total. The van der Waals surface area contributed by atoms with Crippen molar-refractivity contribution in [3.8, 4) is 73.2 Å². The van der Waals surface area contributed by atoms with E-state index in [4.69, 9.17) is 19.4 Å². The molecule has 0 fully saturated rings. The minimum Gasteiger partial charge on any atom is -0.454 e. The van der Waals surface area contributed by atoms with E-state index in [1.54, 1.807) is 0 Å².